The number of halogens is 1. The van der Waals surface area contributed by atoms with E-state index in [1.807, 2.05) is 0 Å². The highest BCUT2D eigenvalue weighted by Gasteiger charge is 2.20. The molecule has 0 saturated heterocycles. The van der Waals surface area contributed by atoms with Gasteiger partial charge < -0.3 is 5.73 Å². The molecule has 2 N–H and O–H groups in total. The quantitative estimate of drug-likeness (QED) is 0.616. The van der Waals surface area contributed by atoms with Gasteiger partial charge in [0.1, 0.15) is 5.82 Å². The summed E-state index contributed by atoms with van der Waals surface area (Å²) in [5.41, 5.74) is 4.66. The van der Waals surface area contributed by atoms with E-state index in [1.165, 1.54) is 0 Å². The molecule has 0 saturated carbocycles. The molecule has 0 aromatic heterocycles. The molecule has 0 heterocycles. The first-order valence-corrected chi connectivity index (χ1v) is 7.01. The molecule has 0 aliphatic carbocycles. The first-order valence-electron chi connectivity index (χ1n) is 5.19. The number of nitro groups is 1. The largest absolute Gasteiger partial charge is 0.330 e. The lowest BCUT2D eigenvalue weighted by molar-refractivity contribution is -0.385. The van der Waals surface area contributed by atoms with E-state index in [2.05, 4.69) is 0 Å². The summed E-state index contributed by atoms with van der Waals surface area (Å²) in [5.74, 6) is -1.43. The van der Waals surface area contributed by atoms with Gasteiger partial charge in [0.15, 0.2) is 9.84 Å². The van der Waals surface area contributed by atoms with Gasteiger partial charge in [0, 0.05) is 11.6 Å². The minimum Gasteiger partial charge on any atom is -0.330 e. The summed E-state index contributed by atoms with van der Waals surface area (Å²) in [6.07, 6.45) is 0.269. The van der Waals surface area contributed by atoms with Gasteiger partial charge >= 0.3 is 0 Å². The van der Waals surface area contributed by atoms with Gasteiger partial charge in [-0.2, -0.15) is 0 Å². The van der Waals surface area contributed by atoms with Crippen LogP contribution in [0.5, 0.6) is 0 Å². The van der Waals surface area contributed by atoms with Gasteiger partial charge in [0.05, 0.1) is 16.4 Å². The van der Waals surface area contributed by atoms with Crippen molar-refractivity contribution in [2.75, 3.05) is 12.3 Å². The van der Waals surface area contributed by atoms with Crippen molar-refractivity contribution in [3.8, 4) is 0 Å². The Morgan fingerprint density at radius 1 is 1.39 bits per heavy atom. The minimum atomic E-state index is -3.52. The first-order chi connectivity index (χ1) is 8.35. The SMILES string of the molecule is NCCCS(=O)(=O)Cc1cc(F)ccc1[N+](=O)[O-]. The molecule has 0 radical (unpaired) electrons. The summed E-state index contributed by atoms with van der Waals surface area (Å²) in [4.78, 5) is 9.97. The zero-order valence-corrected chi connectivity index (χ0v) is 10.3. The van der Waals surface area contributed by atoms with Crippen molar-refractivity contribution < 1.29 is 17.7 Å². The normalized spacial score (nSPS) is 11.4. The molecular formula is C10H13FN2O4S. The molecule has 1 rings (SSSR count). The molecule has 18 heavy (non-hydrogen) atoms. The Labute approximate surface area is 104 Å². The third-order valence-electron chi connectivity index (χ3n) is 2.27. The number of hydrogen-bond donors (Lipinski definition) is 1. The zero-order chi connectivity index (χ0) is 13.8. The zero-order valence-electron chi connectivity index (χ0n) is 9.50. The summed E-state index contributed by atoms with van der Waals surface area (Å²) >= 11 is 0. The number of hydrogen-bond acceptors (Lipinski definition) is 5. The fraction of sp³-hybridized carbons (Fsp3) is 0.400. The van der Waals surface area contributed by atoms with Crippen LogP contribution in [0.4, 0.5) is 10.1 Å². The predicted octanol–water partition coefficient (Wildman–Crippen LogP) is 0.998. The fourth-order valence-corrected chi connectivity index (χ4v) is 2.92. The Morgan fingerprint density at radius 3 is 2.61 bits per heavy atom. The van der Waals surface area contributed by atoms with Crippen molar-refractivity contribution in [3.05, 3.63) is 39.7 Å². The number of benzene rings is 1. The third-order valence-corrected chi connectivity index (χ3v) is 3.93. The van der Waals surface area contributed by atoms with Crippen LogP contribution in [0.3, 0.4) is 0 Å². The van der Waals surface area contributed by atoms with Crippen LogP contribution in [0, 0.1) is 15.9 Å². The summed E-state index contributed by atoms with van der Waals surface area (Å²) in [6, 6.07) is 2.76. The van der Waals surface area contributed by atoms with E-state index in [0.29, 0.717) is 0 Å². The van der Waals surface area contributed by atoms with Crippen LogP contribution >= 0.6 is 0 Å². The van der Waals surface area contributed by atoms with Gasteiger partial charge in [-0.1, -0.05) is 0 Å². The molecule has 100 valence electrons. The highest BCUT2D eigenvalue weighted by Crippen LogP contribution is 2.22. The molecule has 0 fully saturated rings. The number of rotatable bonds is 6. The topological polar surface area (TPSA) is 103 Å². The van der Waals surface area contributed by atoms with Crippen molar-refractivity contribution in [1.29, 1.82) is 0 Å². The van der Waals surface area contributed by atoms with E-state index in [-0.39, 0.29) is 24.3 Å². The summed E-state index contributed by atoms with van der Waals surface area (Å²) < 4.78 is 36.3. The Bertz CT molecular complexity index is 545. The average Bonchev–Trinajstić information content (AvgIpc) is 2.25. The van der Waals surface area contributed by atoms with Gasteiger partial charge in [-0.25, -0.2) is 12.8 Å². The molecule has 0 amide bonds. The molecule has 0 aliphatic heterocycles. The molecule has 1 aromatic carbocycles. The third kappa shape index (κ3) is 4.04. The molecular weight excluding hydrogens is 263 g/mol. The lowest BCUT2D eigenvalue weighted by Crippen LogP contribution is -2.14. The number of sulfone groups is 1. The van der Waals surface area contributed by atoms with Gasteiger partial charge in [0.2, 0.25) is 0 Å². The van der Waals surface area contributed by atoms with Gasteiger partial charge in [-0.3, -0.25) is 10.1 Å². The van der Waals surface area contributed by atoms with Gasteiger partial charge in [0.25, 0.3) is 5.69 Å². The standard InChI is InChI=1S/C10H13FN2O4S/c11-9-2-3-10(13(14)15)8(6-9)7-18(16,17)5-1-4-12/h2-3,6H,1,4-5,7,12H2. The Kier molecular flexibility index (Phi) is 4.74. The monoisotopic (exact) mass is 276 g/mol. The molecule has 8 heteroatoms. The van der Waals surface area contributed by atoms with E-state index in [4.69, 9.17) is 5.73 Å². The van der Waals surface area contributed by atoms with Gasteiger partial charge in [-0.05, 0) is 25.1 Å². The van der Waals surface area contributed by atoms with Crippen molar-refractivity contribution in [1.82, 2.24) is 0 Å². The van der Waals surface area contributed by atoms with Gasteiger partial charge in [-0.15, -0.1) is 0 Å². The van der Waals surface area contributed by atoms with Crippen LogP contribution in [-0.2, 0) is 15.6 Å². The smallest absolute Gasteiger partial charge is 0.273 e. The van der Waals surface area contributed by atoms with Crippen molar-refractivity contribution in [2.24, 2.45) is 5.73 Å². The van der Waals surface area contributed by atoms with E-state index < -0.39 is 32.0 Å². The predicted molar refractivity (Wildman–Crippen MR) is 64.2 cm³/mol. The second-order valence-corrected chi connectivity index (χ2v) is 5.95. The van der Waals surface area contributed by atoms with Crippen molar-refractivity contribution >= 4 is 15.5 Å². The van der Waals surface area contributed by atoms with Crippen molar-refractivity contribution in [2.45, 2.75) is 12.2 Å². The molecule has 0 spiro atoms. The minimum absolute atomic E-state index is 0.142. The van der Waals surface area contributed by atoms with Crippen LogP contribution in [0.15, 0.2) is 18.2 Å². The molecule has 1 aromatic rings. The molecule has 0 aliphatic rings. The van der Waals surface area contributed by atoms with Crippen LogP contribution in [0.25, 0.3) is 0 Å². The summed E-state index contributed by atoms with van der Waals surface area (Å²) in [7, 11) is -3.52. The van der Waals surface area contributed by atoms with E-state index >= 15 is 0 Å². The highest BCUT2D eigenvalue weighted by molar-refractivity contribution is 7.90. The summed E-state index contributed by atoms with van der Waals surface area (Å²) in [5, 5.41) is 10.7. The molecule has 0 unspecified atom stereocenters. The van der Waals surface area contributed by atoms with Crippen LogP contribution < -0.4 is 5.73 Å². The number of nitro benzene ring substituents is 1. The van der Waals surface area contributed by atoms with Crippen LogP contribution in [0.2, 0.25) is 0 Å². The Hall–Kier alpha value is -1.54. The number of nitrogens with zero attached hydrogens (tertiary/aromatic N) is 1. The summed E-state index contributed by atoms with van der Waals surface area (Å²) in [6.45, 7) is 0.213. The maximum absolute atomic E-state index is 13.0. The van der Waals surface area contributed by atoms with E-state index in [1.54, 1.807) is 0 Å². The van der Waals surface area contributed by atoms with Crippen molar-refractivity contribution in [3.63, 3.8) is 0 Å². The second kappa shape index (κ2) is 5.87. The van der Waals surface area contributed by atoms with Crippen LogP contribution in [-0.4, -0.2) is 25.6 Å². The lowest BCUT2D eigenvalue weighted by Gasteiger charge is -2.05. The molecule has 0 atom stereocenters. The first kappa shape index (κ1) is 14.5. The fourth-order valence-electron chi connectivity index (χ4n) is 1.46. The van der Waals surface area contributed by atoms with E-state index in [9.17, 15) is 22.9 Å². The molecule has 0 bridgehead atoms. The highest BCUT2D eigenvalue weighted by atomic mass is 32.2. The Morgan fingerprint density at radius 2 is 2.06 bits per heavy atom. The second-order valence-electron chi connectivity index (χ2n) is 3.76. The molecule has 6 nitrogen and oxygen atoms in total. The van der Waals surface area contributed by atoms with E-state index in [0.717, 1.165) is 18.2 Å². The average molecular weight is 276 g/mol. The lowest BCUT2D eigenvalue weighted by atomic mass is 10.2. The Balaban J connectivity index is 3.02. The maximum atomic E-state index is 13.0. The van der Waals surface area contributed by atoms with Crippen LogP contribution in [0.1, 0.15) is 12.0 Å². The number of nitrogens with two attached hydrogens (primary N) is 1. The maximum Gasteiger partial charge on any atom is 0.273 e.